The fraction of sp³-hybridized carbons (Fsp3) is 0.438. The minimum absolute atomic E-state index is 0.560. The molecule has 5 nitrogen and oxygen atoms in total. The van der Waals surface area contributed by atoms with Crippen LogP contribution in [0.5, 0.6) is 11.5 Å². The molecule has 2 rings (SSSR count). The number of hydrogen-bond acceptors (Lipinski definition) is 4. The molecule has 1 heterocycles. The number of hydrogen-bond donors (Lipinski definition) is 1. The molecular weight excluding hydrogens is 266 g/mol. The van der Waals surface area contributed by atoms with E-state index in [0.29, 0.717) is 19.8 Å². The van der Waals surface area contributed by atoms with Crippen LogP contribution in [0.25, 0.3) is 0 Å². The summed E-state index contributed by atoms with van der Waals surface area (Å²) in [4.78, 5) is 0. The lowest BCUT2D eigenvalue weighted by molar-refractivity contribution is 0.261. The van der Waals surface area contributed by atoms with Crippen LogP contribution in [0.4, 0.5) is 0 Å². The Morgan fingerprint density at radius 2 is 1.86 bits per heavy atom. The molecule has 0 bridgehead atoms. The Morgan fingerprint density at radius 3 is 2.57 bits per heavy atom. The van der Waals surface area contributed by atoms with E-state index in [1.165, 1.54) is 5.69 Å². The zero-order valence-electron chi connectivity index (χ0n) is 12.7. The van der Waals surface area contributed by atoms with Gasteiger partial charge in [-0.15, -0.1) is 0 Å². The highest BCUT2D eigenvalue weighted by Gasteiger charge is 2.05. The molecular formula is C16H23N3O2. The van der Waals surface area contributed by atoms with Crippen LogP contribution in [-0.4, -0.2) is 29.5 Å². The minimum Gasteiger partial charge on any atom is -0.490 e. The van der Waals surface area contributed by atoms with Gasteiger partial charge < -0.3 is 14.8 Å². The Morgan fingerprint density at radius 1 is 1.10 bits per heavy atom. The zero-order valence-corrected chi connectivity index (χ0v) is 12.7. The van der Waals surface area contributed by atoms with Crippen molar-refractivity contribution >= 4 is 0 Å². The van der Waals surface area contributed by atoms with Crippen molar-refractivity contribution in [1.82, 2.24) is 15.1 Å². The van der Waals surface area contributed by atoms with E-state index in [0.717, 1.165) is 24.6 Å². The Hall–Kier alpha value is -2.01. The summed E-state index contributed by atoms with van der Waals surface area (Å²) >= 11 is 0. The third-order valence-corrected chi connectivity index (χ3v) is 3.07. The molecule has 1 N–H and O–H groups in total. The van der Waals surface area contributed by atoms with Crippen molar-refractivity contribution in [2.24, 2.45) is 0 Å². The molecule has 114 valence electrons. The maximum absolute atomic E-state index is 5.82. The first-order valence-corrected chi connectivity index (χ1v) is 7.41. The highest BCUT2D eigenvalue weighted by atomic mass is 16.5. The lowest BCUT2D eigenvalue weighted by Crippen LogP contribution is -2.18. The smallest absolute Gasteiger partial charge is 0.161 e. The van der Waals surface area contributed by atoms with Gasteiger partial charge in [-0.1, -0.05) is 19.1 Å². The molecule has 1 aromatic carbocycles. The van der Waals surface area contributed by atoms with Crippen LogP contribution < -0.4 is 14.8 Å². The van der Waals surface area contributed by atoms with E-state index in [1.807, 2.05) is 48.1 Å². The van der Waals surface area contributed by atoms with Gasteiger partial charge in [-0.3, -0.25) is 4.68 Å². The Labute approximate surface area is 125 Å². The summed E-state index contributed by atoms with van der Waals surface area (Å²) in [6.45, 7) is 7.74. The normalized spacial score (nSPS) is 10.6. The molecule has 2 aromatic rings. The van der Waals surface area contributed by atoms with Crippen molar-refractivity contribution in [3.8, 4) is 11.5 Å². The summed E-state index contributed by atoms with van der Waals surface area (Å²) < 4.78 is 13.3. The van der Waals surface area contributed by atoms with Crippen molar-refractivity contribution in [3.63, 3.8) is 0 Å². The maximum Gasteiger partial charge on any atom is 0.161 e. The third-order valence-electron chi connectivity index (χ3n) is 3.07. The van der Waals surface area contributed by atoms with E-state index in [-0.39, 0.29) is 0 Å². The fourth-order valence-electron chi connectivity index (χ4n) is 2.05. The summed E-state index contributed by atoms with van der Waals surface area (Å²) in [5, 5.41) is 7.63. The van der Waals surface area contributed by atoms with Crippen molar-refractivity contribution in [1.29, 1.82) is 0 Å². The predicted octanol–water partition coefficient (Wildman–Crippen LogP) is 2.47. The van der Waals surface area contributed by atoms with Gasteiger partial charge in [0.15, 0.2) is 11.5 Å². The van der Waals surface area contributed by atoms with Crippen LogP contribution in [0.1, 0.15) is 19.5 Å². The van der Waals surface area contributed by atoms with Crippen LogP contribution in [-0.2, 0) is 13.1 Å². The zero-order chi connectivity index (χ0) is 14.9. The number of para-hydroxylation sites is 2. The highest BCUT2D eigenvalue weighted by Crippen LogP contribution is 2.26. The monoisotopic (exact) mass is 289 g/mol. The molecule has 1 aromatic heterocycles. The van der Waals surface area contributed by atoms with Gasteiger partial charge in [0.25, 0.3) is 0 Å². The molecule has 0 aliphatic carbocycles. The second-order valence-electron chi connectivity index (χ2n) is 4.55. The van der Waals surface area contributed by atoms with E-state index in [9.17, 15) is 0 Å². The predicted molar refractivity (Wildman–Crippen MR) is 82.7 cm³/mol. The van der Waals surface area contributed by atoms with Crippen LogP contribution in [0.2, 0.25) is 0 Å². The van der Waals surface area contributed by atoms with Gasteiger partial charge in [-0.05, 0) is 31.7 Å². The molecule has 0 saturated heterocycles. The number of benzene rings is 1. The molecule has 21 heavy (non-hydrogen) atoms. The molecule has 0 fully saturated rings. The topological polar surface area (TPSA) is 48.3 Å². The van der Waals surface area contributed by atoms with Crippen LogP contribution in [0.3, 0.4) is 0 Å². The Balaban J connectivity index is 1.88. The van der Waals surface area contributed by atoms with Gasteiger partial charge in [0.2, 0.25) is 0 Å². The molecule has 0 radical (unpaired) electrons. The SMILES string of the molecule is CCNCc1ccnn1CCOc1ccccc1OCC. The number of nitrogens with one attached hydrogen (secondary N) is 1. The van der Waals surface area contributed by atoms with E-state index in [2.05, 4.69) is 17.3 Å². The van der Waals surface area contributed by atoms with E-state index < -0.39 is 0 Å². The van der Waals surface area contributed by atoms with E-state index in [1.54, 1.807) is 0 Å². The second-order valence-corrected chi connectivity index (χ2v) is 4.55. The summed E-state index contributed by atoms with van der Waals surface area (Å²) in [7, 11) is 0. The van der Waals surface area contributed by atoms with Gasteiger partial charge in [0, 0.05) is 12.7 Å². The fourth-order valence-corrected chi connectivity index (χ4v) is 2.05. The van der Waals surface area contributed by atoms with Crippen LogP contribution in [0, 0.1) is 0 Å². The average Bonchev–Trinajstić information content (AvgIpc) is 2.94. The van der Waals surface area contributed by atoms with Crippen LogP contribution in [0.15, 0.2) is 36.5 Å². The molecule has 0 spiro atoms. The molecule has 0 saturated carbocycles. The largest absolute Gasteiger partial charge is 0.490 e. The number of rotatable bonds is 9. The summed E-state index contributed by atoms with van der Waals surface area (Å²) in [5.41, 5.74) is 1.17. The number of aromatic nitrogens is 2. The van der Waals surface area contributed by atoms with Gasteiger partial charge in [0.05, 0.1) is 18.8 Å². The first-order chi connectivity index (χ1) is 10.3. The second kappa shape index (κ2) is 8.32. The lowest BCUT2D eigenvalue weighted by Gasteiger charge is -2.12. The van der Waals surface area contributed by atoms with Crippen molar-refractivity contribution in [2.75, 3.05) is 19.8 Å². The van der Waals surface area contributed by atoms with Crippen LogP contribution >= 0.6 is 0 Å². The Kier molecular flexibility index (Phi) is 6.09. The van der Waals surface area contributed by atoms with Gasteiger partial charge in [0.1, 0.15) is 6.61 Å². The summed E-state index contributed by atoms with van der Waals surface area (Å²) in [6, 6.07) is 9.76. The molecule has 0 aliphatic heterocycles. The van der Waals surface area contributed by atoms with Crippen molar-refractivity contribution in [3.05, 3.63) is 42.2 Å². The van der Waals surface area contributed by atoms with E-state index >= 15 is 0 Å². The first-order valence-electron chi connectivity index (χ1n) is 7.41. The highest BCUT2D eigenvalue weighted by molar-refractivity contribution is 5.39. The Bertz CT molecular complexity index is 540. The quantitative estimate of drug-likeness (QED) is 0.770. The van der Waals surface area contributed by atoms with Gasteiger partial charge >= 0.3 is 0 Å². The van der Waals surface area contributed by atoms with Crippen molar-refractivity contribution < 1.29 is 9.47 Å². The average molecular weight is 289 g/mol. The molecule has 0 unspecified atom stereocenters. The molecule has 0 aliphatic rings. The molecule has 0 amide bonds. The van der Waals surface area contributed by atoms with E-state index in [4.69, 9.17) is 9.47 Å². The minimum atomic E-state index is 0.560. The lowest BCUT2D eigenvalue weighted by atomic mass is 10.3. The third kappa shape index (κ3) is 4.49. The molecule has 0 atom stereocenters. The standard InChI is InChI=1S/C16H23N3O2/c1-3-17-13-14-9-10-18-19(14)11-12-21-16-8-6-5-7-15(16)20-4-2/h5-10,17H,3-4,11-13H2,1-2H3. The summed E-state index contributed by atoms with van der Waals surface area (Å²) in [5.74, 6) is 1.56. The van der Waals surface area contributed by atoms with Gasteiger partial charge in [-0.25, -0.2) is 0 Å². The summed E-state index contributed by atoms with van der Waals surface area (Å²) in [6.07, 6.45) is 1.82. The maximum atomic E-state index is 5.82. The number of nitrogens with zero attached hydrogens (tertiary/aromatic N) is 2. The first kappa shape index (κ1) is 15.4. The van der Waals surface area contributed by atoms with Crippen molar-refractivity contribution in [2.45, 2.75) is 26.9 Å². The molecule has 5 heteroatoms. The van der Waals surface area contributed by atoms with Gasteiger partial charge in [-0.2, -0.15) is 5.10 Å². The number of ether oxygens (including phenoxy) is 2.